The summed E-state index contributed by atoms with van der Waals surface area (Å²) < 4.78 is 5.81. The largest absolute Gasteiger partial charge is 0.480 e. The van der Waals surface area contributed by atoms with Crippen LogP contribution in [0.2, 0.25) is 0 Å². The van der Waals surface area contributed by atoms with Crippen molar-refractivity contribution >= 4 is 23.8 Å². The standard InChI is InChI=1S/C34H56N2O7/c1-3-5-7-9-10-11-12-13-14-15-16-17-22-26-33(40)43-29(23-19-8-6-4-2)24-20-18-21-25-31(38)35-27-32(39)36-30(28-37)34(41)42/h5,7,10-11,13-14,16-17,29-30,37H,3-4,6,8-9,12,15,18-28H2,1-2H3,(H,35,38)(H,36,39)(H,41,42)/b7-5-,11-10-,14-13-,17-16-. The van der Waals surface area contributed by atoms with Gasteiger partial charge in [0.1, 0.15) is 12.1 Å². The highest BCUT2D eigenvalue weighted by atomic mass is 16.5. The first-order chi connectivity index (χ1) is 20.8. The molecule has 0 aromatic carbocycles. The summed E-state index contributed by atoms with van der Waals surface area (Å²) in [5.41, 5.74) is 0. The molecule has 2 atom stereocenters. The number of amides is 2. The fourth-order valence-electron chi connectivity index (χ4n) is 4.14. The Labute approximate surface area is 258 Å². The van der Waals surface area contributed by atoms with E-state index in [4.69, 9.17) is 14.9 Å². The number of rotatable bonds is 27. The van der Waals surface area contributed by atoms with Crippen molar-refractivity contribution in [1.29, 1.82) is 0 Å². The molecule has 0 rings (SSSR count). The van der Waals surface area contributed by atoms with E-state index in [0.717, 1.165) is 77.0 Å². The van der Waals surface area contributed by atoms with Gasteiger partial charge in [-0.2, -0.15) is 0 Å². The van der Waals surface area contributed by atoms with Crippen LogP contribution in [0.4, 0.5) is 0 Å². The van der Waals surface area contributed by atoms with Crippen LogP contribution < -0.4 is 10.6 Å². The third-order valence-corrected chi connectivity index (χ3v) is 6.60. The summed E-state index contributed by atoms with van der Waals surface area (Å²) >= 11 is 0. The van der Waals surface area contributed by atoms with Gasteiger partial charge in [-0.15, -0.1) is 0 Å². The molecule has 244 valence electrons. The number of carboxylic acids is 1. The highest BCUT2D eigenvalue weighted by molar-refractivity contribution is 5.87. The number of hydrogen-bond donors (Lipinski definition) is 4. The van der Waals surface area contributed by atoms with Crippen molar-refractivity contribution < 1.29 is 34.1 Å². The fraction of sp³-hybridized carbons (Fsp3) is 0.647. The molecule has 9 heteroatoms. The maximum atomic E-state index is 12.5. The molecule has 0 aliphatic carbocycles. The van der Waals surface area contributed by atoms with Crippen molar-refractivity contribution in [1.82, 2.24) is 10.6 Å². The lowest BCUT2D eigenvalue weighted by atomic mass is 10.0. The number of carbonyl (C=O) groups is 4. The van der Waals surface area contributed by atoms with Crippen molar-refractivity contribution in [3.63, 3.8) is 0 Å². The molecule has 4 N–H and O–H groups in total. The molecule has 9 nitrogen and oxygen atoms in total. The monoisotopic (exact) mass is 604 g/mol. The summed E-state index contributed by atoms with van der Waals surface area (Å²) in [6, 6.07) is -1.40. The van der Waals surface area contributed by atoms with Gasteiger partial charge >= 0.3 is 11.9 Å². The van der Waals surface area contributed by atoms with Gasteiger partial charge in [0.25, 0.3) is 0 Å². The normalized spacial score (nSPS) is 13.2. The Hall–Kier alpha value is -3.20. The Morgan fingerprint density at radius 1 is 0.721 bits per heavy atom. The summed E-state index contributed by atoms with van der Waals surface area (Å²) in [5.74, 6) is -2.50. The van der Waals surface area contributed by atoms with Crippen molar-refractivity contribution in [3.05, 3.63) is 48.6 Å². The van der Waals surface area contributed by atoms with Gasteiger partial charge in [-0.3, -0.25) is 14.4 Å². The Morgan fingerprint density at radius 2 is 1.30 bits per heavy atom. The van der Waals surface area contributed by atoms with Crippen LogP contribution in [0.3, 0.4) is 0 Å². The molecule has 0 saturated carbocycles. The van der Waals surface area contributed by atoms with Gasteiger partial charge in [-0.25, -0.2) is 4.79 Å². The minimum Gasteiger partial charge on any atom is -0.480 e. The van der Waals surface area contributed by atoms with E-state index in [-0.39, 0.29) is 30.9 Å². The van der Waals surface area contributed by atoms with E-state index < -0.39 is 24.5 Å². The number of nitrogens with one attached hydrogen (secondary N) is 2. The summed E-state index contributed by atoms with van der Waals surface area (Å²) in [4.78, 5) is 47.0. The fourth-order valence-corrected chi connectivity index (χ4v) is 4.14. The van der Waals surface area contributed by atoms with E-state index in [1.165, 1.54) is 0 Å². The van der Waals surface area contributed by atoms with Crippen LogP contribution in [0.5, 0.6) is 0 Å². The van der Waals surface area contributed by atoms with Crippen molar-refractivity contribution in [2.75, 3.05) is 13.2 Å². The molecule has 0 aliphatic rings. The van der Waals surface area contributed by atoms with Gasteiger partial charge in [0, 0.05) is 12.8 Å². The van der Waals surface area contributed by atoms with Crippen LogP contribution in [-0.2, 0) is 23.9 Å². The van der Waals surface area contributed by atoms with E-state index >= 15 is 0 Å². The van der Waals surface area contributed by atoms with Crippen molar-refractivity contribution in [3.8, 4) is 0 Å². The van der Waals surface area contributed by atoms with Crippen LogP contribution in [0.25, 0.3) is 0 Å². The number of esters is 1. The van der Waals surface area contributed by atoms with Crippen molar-refractivity contribution in [2.24, 2.45) is 0 Å². The summed E-state index contributed by atoms with van der Waals surface area (Å²) in [6.45, 7) is 3.22. The second-order valence-corrected chi connectivity index (χ2v) is 10.5. The van der Waals surface area contributed by atoms with Gasteiger partial charge in [-0.1, -0.05) is 88.1 Å². The van der Waals surface area contributed by atoms with E-state index in [1.807, 2.05) is 6.08 Å². The molecule has 0 bridgehead atoms. The summed E-state index contributed by atoms with van der Waals surface area (Å²) in [5, 5.41) is 22.4. The Balaban J connectivity index is 4.27. The van der Waals surface area contributed by atoms with Gasteiger partial charge in [-0.05, 0) is 64.2 Å². The second-order valence-electron chi connectivity index (χ2n) is 10.5. The molecule has 0 radical (unpaired) electrons. The highest BCUT2D eigenvalue weighted by Gasteiger charge is 2.19. The average Bonchev–Trinajstić information content (AvgIpc) is 2.98. The molecular formula is C34H56N2O7. The van der Waals surface area contributed by atoms with Crippen LogP contribution in [0.1, 0.15) is 117 Å². The SMILES string of the molecule is CC/C=C\C/C=C\C/C=C\C/C=C\CCC(=O)OC(CCCCCC)CCCCCC(=O)NCC(=O)NC(CO)C(=O)O. The minimum absolute atomic E-state index is 0.118. The van der Waals surface area contributed by atoms with E-state index in [2.05, 4.69) is 67.0 Å². The molecule has 43 heavy (non-hydrogen) atoms. The molecule has 0 aromatic rings. The zero-order valence-electron chi connectivity index (χ0n) is 26.4. The average molecular weight is 605 g/mol. The minimum atomic E-state index is -1.40. The van der Waals surface area contributed by atoms with Gasteiger partial charge in [0.05, 0.1) is 13.2 Å². The lowest BCUT2D eigenvalue weighted by Gasteiger charge is -2.18. The maximum absolute atomic E-state index is 12.5. The molecule has 2 unspecified atom stereocenters. The molecule has 0 fully saturated rings. The number of hydrogen-bond acceptors (Lipinski definition) is 6. The Kier molecular flexibility index (Phi) is 26.7. The van der Waals surface area contributed by atoms with E-state index in [1.54, 1.807) is 0 Å². The zero-order chi connectivity index (χ0) is 32.0. The van der Waals surface area contributed by atoms with Crippen LogP contribution in [0.15, 0.2) is 48.6 Å². The number of aliphatic hydroxyl groups is 1. The Morgan fingerprint density at radius 3 is 1.86 bits per heavy atom. The first-order valence-electron chi connectivity index (χ1n) is 16.0. The first kappa shape index (κ1) is 39.8. The lowest BCUT2D eigenvalue weighted by Crippen LogP contribution is -2.47. The van der Waals surface area contributed by atoms with Crippen LogP contribution in [-0.4, -0.2) is 59.3 Å². The molecule has 0 aromatic heterocycles. The predicted octanol–water partition coefficient (Wildman–Crippen LogP) is 6.08. The number of ether oxygens (including phenoxy) is 1. The van der Waals surface area contributed by atoms with Gasteiger partial charge < -0.3 is 25.6 Å². The highest BCUT2D eigenvalue weighted by Crippen LogP contribution is 2.16. The zero-order valence-corrected chi connectivity index (χ0v) is 26.4. The number of carbonyl (C=O) groups excluding carboxylic acids is 3. The second kappa shape index (κ2) is 28.9. The first-order valence-corrected chi connectivity index (χ1v) is 16.0. The van der Waals surface area contributed by atoms with Crippen LogP contribution in [0, 0.1) is 0 Å². The number of allylic oxidation sites excluding steroid dienone is 8. The third kappa shape index (κ3) is 26.2. The molecule has 0 aliphatic heterocycles. The lowest BCUT2D eigenvalue weighted by molar-refractivity contribution is -0.149. The van der Waals surface area contributed by atoms with Gasteiger partial charge in [0.15, 0.2) is 0 Å². The quantitative estimate of drug-likeness (QED) is 0.0505. The van der Waals surface area contributed by atoms with Crippen molar-refractivity contribution in [2.45, 2.75) is 129 Å². The van der Waals surface area contributed by atoms with Crippen LogP contribution >= 0.6 is 0 Å². The van der Waals surface area contributed by atoms with Gasteiger partial charge in [0.2, 0.25) is 11.8 Å². The number of aliphatic carboxylic acids is 1. The smallest absolute Gasteiger partial charge is 0.328 e. The topological polar surface area (TPSA) is 142 Å². The predicted molar refractivity (Wildman–Crippen MR) is 171 cm³/mol. The maximum Gasteiger partial charge on any atom is 0.328 e. The molecule has 0 saturated heterocycles. The molecule has 0 spiro atoms. The summed E-state index contributed by atoms with van der Waals surface area (Å²) in [6.07, 6.45) is 30.3. The van der Waals surface area contributed by atoms with E-state index in [0.29, 0.717) is 19.3 Å². The molecule has 0 heterocycles. The van der Waals surface area contributed by atoms with E-state index in [9.17, 15) is 19.2 Å². The number of unbranched alkanes of at least 4 members (excludes halogenated alkanes) is 5. The Bertz CT molecular complexity index is 880. The summed E-state index contributed by atoms with van der Waals surface area (Å²) in [7, 11) is 0. The third-order valence-electron chi connectivity index (χ3n) is 6.60. The number of aliphatic hydroxyl groups excluding tert-OH is 1. The molecule has 2 amide bonds. The number of carboxylic acid groups (broad SMARTS) is 1. The molecular weight excluding hydrogens is 548 g/mol.